The van der Waals surface area contributed by atoms with Gasteiger partial charge in [0, 0.05) is 19.0 Å². The van der Waals surface area contributed by atoms with Crippen LogP contribution in [0.2, 0.25) is 0 Å². The lowest BCUT2D eigenvalue weighted by molar-refractivity contribution is -0.136. The number of nitrogens with zero attached hydrogens (tertiary/aromatic N) is 1. The molecular formula is C18H25NO. The van der Waals surface area contributed by atoms with Gasteiger partial charge < -0.3 is 4.90 Å². The van der Waals surface area contributed by atoms with Crippen LogP contribution in [0.5, 0.6) is 0 Å². The van der Waals surface area contributed by atoms with E-state index in [1.165, 1.54) is 29.5 Å². The number of hydrogen-bond donors (Lipinski definition) is 0. The van der Waals surface area contributed by atoms with Gasteiger partial charge in [-0.25, -0.2) is 0 Å². The quantitative estimate of drug-likeness (QED) is 0.799. The first-order chi connectivity index (χ1) is 9.65. The lowest BCUT2D eigenvalue weighted by atomic mass is 9.92. The number of amides is 1. The van der Waals surface area contributed by atoms with Gasteiger partial charge in [0.25, 0.3) is 0 Å². The highest BCUT2D eigenvalue weighted by Gasteiger charge is 2.29. The number of carbonyl (C=O) groups excluding carboxylic acids is 1. The Morgan fingerprint density at radius 1 is 1.20 bits per heavy atom. The summed E-state index contributed by atoms with van der Waals surface area (Å²) in [5.41, 5.74) is 4.22. The Labute approximate surface area is 122 Å². The van der Waals surface area contributed by atoms with Crippen molar-refractivity contribution in [3.8, 4) is 0 Å². The summed E-state index contributed by atoms with van der Waals surface area (Å²) >= 11 is 0. The zero-order valence-corrected chi connectivity index (χ0v) is 12.7. The van der Waals surface area contributed by atoms with Crippen molar-refractivity contribution < 1.29 is 4.79 Å². The second kappa shape index (κ2) is 5.59. The van der Waals surface area contributed by atoms with Gasteiger partial charge in [-0.3, -0.25) is 4.79 Å². The van der Waals surface area contributed by atoms with Crippen molar-refractivity contribution in [3.63, 3.8) is 0 Å². The molecule has 0 saturated heterocycles. The van der Waals surface area contributed by atoms with Crippen LogP contribution in [0.15, 0.2) is 18.2 Å². The average Bonchev–Trinajstić information content (AvgIpc) is 2.99. The van der Waals surface area contributed by atoms with Gasteiger partial charge in [0.05, 0.1) is 0 Å². The van der Waals surface area contributed by atoms with Crippen LogP contribution in [-0.4, -0.2) is 17.4 Å². The van der Waals surface area contributed by atoms with E-state index in [1.807, 2.05) is 0 Å². The van der Waals surface area contributed by atoms with Crippen molar-refractivity contribution in [2.45, 2.75) is 58.4 Å². The number of fused-ring (bicyclic) bond motifs is 1. The molecule has 2 aliphatic rings. The van der Waals surface area contributed by atoms with E-state index in [2.05, 4.69) is 36.9 Å². The maximum atomic E-state index is 12.5. The van der Waals surface area contributed by atoms with E-state index in [0.717, 1.165) is 32.4 Å². The first-order valence-corrected chi connectivity index (χ1v) is 8.05. The van der Waals surface area contributed by atoms with Crippen molar-refractivity contribution >= 4 is 5.91 Å². The highest BCUT2D eigenvalue weighted by Crippen LogP contribution is 2.29. The van der Waals surface area contributed by atoms with Crippen LogP contribution in [0.4, 0.5) is 0 Å². The number of rotatable bonds is 2. The first-order valence-electron chi connectivity index (χ1n) is 8.05. The van der Waals surface area contributed by atoms with Crippen molar-refractivity contribution in [2.24, 2.45) is 5.92 Å². The molecule has 0 N–H and O–H groups in total. The Morgan fingerprint density at radius 2 is 1.95 bits per heavy atom. The summed E-state index contributed by atoms with van der Waals surface area (Å²) in [4.78, 5) is 14.6. The zero-order valence-electron chi connectivity index (χ0n) is 12.7. The second-order valence-corrected chi connectivity index (χ2v) is 6.67. The monoisotopic (exact) mass is 271 g/mol. The van der Waals surface area contributed by atoms with Gasteiger partial charge in [-0.2, -0.15) is 0 Å². The third-order valence-corrected chi connectivity index (χ3v) is 4.93. The fraction of sp³-hybridized carbons (Fsp3) is 0.611. The molecule has 1 heterocycles. The first kappa shape index (κ1) is 13.7. The van der Waals surface area contributed by atoms with Crippen molar-refractivity contribution in [1.82, 2.24) is 4.90 Å². The molecule has 1 aliphatic carbocycles. The summed E-state index contributed by atoms with van der Waals surface area (Å²) in [6.07, 6.45) is 5.70. The van der Waals surface area contributed by atoms with Gasteiger partial charge >= 0.3 is 0 Å². The number of hydrogen-bond acceptors (Lipinski definition) is 1. The van der Waals surface area contributed by atoms with Crippen LogP contribution in [0.1, 0.15) is 62.1 Å². The summed E-state index contributed by atoms with van der Waals surface area (Å²) in [5, 5.41) is 0. The largest absolute Gasteiger partial charge is 0.338 e. The Morgan fingerprint density at radius 3 is 2.65 bits per heavy atom. The van der Waals surface area contributed by atoms with E-state index in [4.69, 9.17) is 0 Å². The summed E-state index contributed by atoms with van der Waals surface area (Å²) < 4.78 is 0. The fourth-order valence-corrected chi connectivity index (χ4v) is 3.55. The minimum atomic E-state index is 0.312. The minimum absolute atomic E-state index is 0.312. The van der Waals surface area contributed by atoms with E-state index in [9.17, 15) is 4.79 Å². The highest BCUT2D eigenvalue weighted by atomic mass is 16.2. The van der Waals surface area contributed by atoms with Crippen LogP contribution in [0, 0.1) is 5.92 Å². The van der Waals surface area contributed by atoms with E-state index in [0.29, 0.717) is 17.7 Å². The Hall–Kier alpha value is -1.31. The molecule has 1 aromatic carbocycles. The van der Waals surface area contributed by atoms with Crippen molar-refractivity contribution in [1.29, 1.82) is 0 Å². The molecule has 0 atom stereocenters. The molecule has 1 amide bonds. The Bertz CT molecular complexity index is 500. The molecule has 0 bridgehead atoms. The van der Waals surface area contributed by atoms with E-state index >= 15 is 0 Å². The van der Waals surface area contributed by atoms with Crippen molar-refractivity contribution in [3.05, 3.63) is 34.9 Å². The molecule has 1 aromatic rings. The van der Waals surface area contributed by atoms with Crippen LogP contribution >= 0.6 is 0 Å². The molecule has 1 aliphatic heterocycles. The summed E-state index contributed by atoms with van der Waals surface area (Å²) in [6.45, 7) is 6.20. The number of carbonyl (C=O) groups is 1. The molecule has 0 unspecified atom stereocenters. The standard InChI is InChI=1S/C18H25NO/c1-13(2)15-7-8-17-12-19(10-9-16(17)11-15)18(20)14-5-3-4-6-14/h7-8,11,13-14H,3-6,9-10,12H2,1-2H3. The topological polar surface area (TPSA) is 20.3 Å². The maximum absolute atomic E-state index is 12.5. The summed E-state index contributed by atoms with van der Waals surface area (Å²) in [5.74, 6) is 1.30. The van der Waals surface area contributed by atoms with Crippen LogP contribution in [0.3, 0.4) is 0 Å². The van der Waals surface area contributed by atoms with Gasteiger partial charge in [-0.05, 0) is 41.9 Å². The van der Waals surface area contributed by atoms with Gasteiger partial charge in [0.2, 0.25) is 5.91 Å². The van der Waals surface area contributed by atoms with Crippen LogP contribution in [-0.2, 0) is 17.8 Å². The summed E-state index contributed by atoms with van der Waals surface area (Å²) in [7, 11) is 0. The molecule has 0 spiro atoms. The average molecular weight is 271 g/mol. The van der Waals surface area contributed by atoms with Gasteiger partial charge in [0.15, 0.2) is 0 Å². The van der Waals surface area contributed by atoms with Gasteiger partial charge in [-0.1, -0.05) is 44.9 Å². The van der Waals surface area contributed by atoms with E-state index in [-0.39, 0.29) is 0 Å². The van der Waals surface area contributed by atoms with E-state index < -0.39 is 0 Å². The predicted octanol–water partition coefficient (Wildman–Crippen LogP) is 3.88. The second-order valence-electron chi connectivity index (χ2n) is 6.67. The SMILES string of the molecule is CC(C)c1ccc2c(c1)CCN(C(=O)C1CCCC1)C2. The molecule has 108 valence electrons. The zero-order chi connectivity index (χ0) is 14.1. The lowest BCUT2D eigenvalue weighted by Gasteiger charge is -2.31. The van der Waals surface area contributed by atoms with Crippen molar-refractivity contribution in [2.75, 3.05) is 6.54 Å². The van der Waals surface area contributed by atoms with Gasteiger partial charge in [-0.15, -0.1) is 0 Å². The van der Waals surface area contributed by atoms with Gasteiger partial charge in [0.1, 0.15) is 0 Å². The minimum Gasteiger partial charge on any atom is -0.338 e. The predicted molar refractivity (Wildman–Crippen MR) is 81.6 cm³/mol. The molecule has 1 saturated carbocycles. The normalized spacial score (nSPS) is 19.4. The fourth-order valence-electron chi connectivity index (χ4n) is 3.55. The molecule has 2 nitrogen and oxygen atoms in total. The molecule has 3 rings (SSSR count). The number of benzene rings is 1. The molecule has 0 aromatic heterocycles. The smallest absolute Gasteiger partial charge is 0.225 e. The Kier molecular flexibility index (Phi) is 3.82. The molecule has 20 heavy (non-hydrogen) atoms. The summed E-state index contributed by atoms with van der Waals surface area (Å²) in [6, 6.07) is 6.81. The highest BCUT2D eigenvalue weighted by molar-refractivity contribution is 5.79. The molecule has 0 radical (unpaired) electrons. The van der Waals surface area contributed by atoms with Crippen LogP contribution < -0.4 is 0 Å². The molecular weight excluding hydrogens is 246 g/mol. The third-order valence-electron chi connectivity index (χ3n) is 4.93. The molecule has 1 fully saturated rings. The Balaban J connectivity index is 1.73. The lowest BCUT2D eigenvalue weighted by Crippen LogP contribution is -2.39. The van der Waals surface area contributed by atoms with E-state index in [1.54, 1.807) is 0 Å². The molecule has 2 heteroatoms. The van der Waals surface area contributed by atoms with Crippen LogP contribution in [0.25, 0.3) is 0 Å². The third kappa shape index (κ3) is 2.61. The maximum Gasteiger partial charge on any atom is 0.225 e.